The molecule has 4 N–H and O–H groups in total. The molecular weight excluding hydrogens is 801 g/mol. The van der Waals surface area contributed by atoms with Crippen molar-refractivity contribution >= 4 is 23.8 Å². The molecule has 0 heterocycles. The Bertz CT molecular complexity index is 1350. The maximum atomic E-state index is 12.9. The van der Waals surface area contributed by atoms with Gasteiger partial charge in [0, 0.05) is 12.8 Å². The standard InChI is InChI=1S/C55H92N2O7/c1-3-5-7-9-11-13-15-17-18-19-20-21-22-23-24-25-26-28-30-32-34-39-43-47-54(61)64-50(44-40-36-33-31-29-27-16-14-12-10-8-6-4-2)45-41-37-35-38-42-46-52(59)56-48-53(60)57-51(49-58)55(62)63/h5,7,11,13,16-18,20-21,23-24,27,31,33,50-51,58H,3-4,6,8-10,12,14-15,19,22,25-26,28-30,32,34-49H2,1-2H3,(H,56,59)(H,57,60)(H,62,63)/b7-5-,13-11-,18-17-,21-20-,24-23-,27-16-,33-31-. The van der Waals surface area contributed by atoms with E-state index in [-0.39, 0.29) is 30.9 Å². The van der Waals surface area contributed by atoms with Crippen molar-refractivity contribution in [2.24, 2.45) is 0 Å². The smallest absolute Gasteiger partial charge is 0.328 e. The van der Waals surface area contributed by atoms with Gasteiger partial charge in [-0.25, -0.2) is 4.79 Å². The highest BCUT2D eigenvalue weighted by atomic mass is 16.5. The lowest BCUT2D eigenvalue weighted by Crippen LogP contribution is -2.47. The highest BCUT2D eigenvalue weighted by Crippen LogP contribution is 2.18. The maximum Gasteiger partial charge on any atom is 0.328 e. The molecule has 9 nitrogen and oxygen atoms in total. The third kappa shape index (κ3) is 44.6. The first-order valence-electron chi connectivity index (χ1n) is 25.5. The van der Waals surface area contributed by atoms with Gasteiger partial charge >= 0.3 is 11.9 Å². The number of carboxylic acids is 1. The molecule has 0 aromatic heterocycles. The average molecular weight is 893 g/mol. The van der Waals surface area contributed by atoms with E-state index in [0.717, 1.165) is 122 Å². The van der Waals surface area contributed by atoms with Gasteiger partial charge in [0.15, 0.2) is 0 Å². The number of aliphatic hydroxyl groups is 1. The predicted molar refractivity (Wildman–Crippen MR) is 268 cm³/mol. The number of rotatable bonds is 45. The minimum absolute atomic E-state index is 0.0695. The van der Waals surface area contributed by atoms with Crippen molar-refractivity contribution in [3.05, 3.63) is 85.1 Å². The van der Waals surface area contributed by atoms with Gasteiger partial charge in [-0.1, -0.05) is 176 Å². The van der Waals surface area contributed by atoms with Crippen molar-refractivity contribution in [2.75, 3.05) is 13.2 Å². The zero-order chi connectivity index (χ0) is 46.8. The van der Waals surface area contributed by atoms with Gasteiger partial charge in [0.1, 0.15) is 12.1 Å². The zero-order valence-corrected chi connectivity index (χ0v) is 40.5. The monoisotopic (exact) mass is 893 g/mol. The Balaban J connectivity index is 4.35. The summed E-state index contributed by atoms with van der Waals surface area (Å²) in [6.45, 7) is 3.35. The van der Waals surface area contributed by atoms with E-state index in [9.17, 15) is 19.2 Å². The van der Waals surface area contributed by atoms with Crippen molar-refractivity contribution in [3.8, 4) is 0 Å². The second kappa shape index (κ2) is 48.5. The number of carbonyl (C=O) groups excluding carboxylic acids is 3. The van der Waals surface area contributed by atoms with Crippen LogP contribution in [-0.4, -0.2) is 59.3 Å². The number of nitrogens with one attached hydrogen (secondary N) is 2. The Morgan fingerprint density at radius 2 is 0.906 bits per heavy atom. The molecule has 64 heavy (non-hydrogen) atoms. The van der Waals surface area contributed by atoms with Crippen LogP contribution in [0.4, 0.5) is 0 Å². The number of esters is 1. The summed E-state index contributed by atoms with van der Waals surface area (Å²) in [7, 11) is 0. The summed E-state index contributed by atoms with van der Waals surface area (Å²) in [6.07, 6.45) is 63.3. The fourth-order valence-electron chi connectivity index (χ4n) is 7.01. The summed E-state index contributed by atoms with van der Waals surface area (Å²) in [4.78, 5) is 47.8. The van der Waals surface area contributed by atoms with Crippen LogP contribution in [0.15, 0.2) is 85.1 Å². The number of hydrogen-bond donors (Lipinski definition) is 4. The van der Waals surface area contributed by atoms with E-state index in [1.165, 1.54) is 57.8 Å². The average Bonchev–Trinajstić information content (AvgIpc) is 3.28. The number of allylic oxidation sites excluding steroid dienone is 14. The zero-order valence-electron chi connectivity index (χ0n) is 40.5. The summed E-state index contributed by atoms with van der Waals surface area (Å²) < 4.78 is 6.03. The van der Waals surface area contributed by atoms with Crippen molar-refractivity contribution in [3.63, 3.8) is 0 Å². The summed E-state index contributed by atoms with van der Waals surface area (Å²) >= 11 is 0. The van der Waals surface area contributed by atoms with Gasteiger partial charge in [0.25, 0.3) is 0 Å². The molecule has 0 aliphatic carbocycles. The molecule has 0 saturated carbocycles. The van der Waals surface area contributed by atoms with Crippen LogP contribution in [0.5, 0.6) is 0 Å². The molecule has 0 radical (unpaired) electrons. The Labute approximate surface area is 390 Å². The Morgan fingerprint density at radius 3 is 1.41 bits per heavy atom. The predicted octanol–water partition coefficient (Wildman–Crippen LogP) is 13.6. The highest BCUT2D eigenvalue weighted by molar-refractivity contribution is 5.87. The van der Waals surface area contributed by atoms with Gasteiger partial charge < -0.3 is 25.6 Å². The number of carboxylic acid groups (broad SMARTS) is 1. The SMILES string of the molecule is CC/C=C\C/C=C\C/C=C\C/C=C\C/C=C\CCCCCCCCCC(=O)OC(CCC/C=C\C/C=C\CCCCCCC)CCCCCCCC(=O)NCC(=O)NC(CO)C(=O)O. The van der Waals surface area contributed by atoms with Crippen LogP contribution in [0.1, 0.15) is 213 Å². The fourth-order valence-corrected chi connectivity index (χ4v) is 7.01. The quantitative estimate of drug-likeness (QED) is 0.0271. The number of ether oxygens (including phenoxy) is 1. The molecule has 0 aromatic carbocycles. The Hall–Kier alpha value is -3.98. The molecule has 2 amide bonds. The second-order valence-corrected chi connectivity index (χ2v) is 16.9. The molecule has 0 rings (SSSR count). The molecule has 2 atom stereocenters. The van der Waals surface area contributed by atoms with E-state index < -0.39 is 24.5 Å². The number of hydrogen-bond acceptors (Lipinski definition) is 6. The van der Waals surface area contributed by atoms with Crippen molar-refractivity contribution in [1.82, 2.24) is 10.6 Å². The third-order valence-electron chi connectivity index (χ3n) is 10.9. The number of aliphatic carboxylic acids is 1. The lowest BCUT2D eigenvalue weighted by Gasteiger charge is -2.18. The van der Waals surface area contributed by atoms with Gasteiger partial charge in [0.05, 0.1) is 13.2 Å². The van der Waals surface area contributed by atoms with E-state index in [2.05, 4.69) is 110 Å². The van der Waals surface area contributed by atoms with Crippen LogP contribution in [0, 0.1) is 0 Å². The summed E-state index contributed by atoms with van der Waals surface area (Å²) in [5.41, 5.74) is 0. The van der Waals surface area contributed by atoms with Crippen LogP contribution in [0.2, 0.25) is 0 Å². The van der Waals surface area contributed by atoms with Crippen LogP contribution in [-0.2, 0) is 23.9 Å². The fraction of sp³-hybridized carbons (Fsp3) is 0.673. The van der Waals surface area contributed by atoms with Crippen LogP contribution in [0.3, 0.4) is 0 Å². The number of carbonyl (C=O) groups is 4. The van der Waals surface area contributed by atoms with Gasteiger partial charge in [-0.2, -0.15) is 0 Å². The molecule has 364 valence electrons. The largest absolute Gasteiger partial charge is 0.480 e. The van der Waals surface area contributed by atoms with Crippen LogP contribution in [0.25, 0.3) is 0 Å². The molecule has 0 spiro atoms. The van der Waals surface area contributed by atoms with Gasteiger partial charge in [-0.3, -0.25) is 14.4 Å². The van der Waals surface area contributed by atoms with E-state index in [1.807, 2.05) is 0 Å². The first kappa shape index (κ1) is 60.0. The first-order chi connectivity index (χ1) is 31.3. The number of aliphatic hydroxyl groups excluding tert-OH is 1. The molecule has 0 aromatic rings. The highest BCUT2D eigenvalue weighted by Gasteiger charge is 2.19. The molecular formula is C55H92N2O7. The van der Waals surface area contributed by atoms with Gasteiger partial charge in [-0.05, 0) is 109 Å². The molecule has 9 heteroatoms. The third-order valence-corrected chi connectivity index (χ3v) is 10.9. The lowest BCUT2D eigenvalue weighted by molar-refractivity contribution is -0.150. The van der Waals surface area contributed by atoms with Gasteiger partial charge in [-0.15, -0.1) is 0 Å². The molecule has 0 saturated heterocycles. The lowest BCUT2D eigenvalue weighted by atomic mass is 10.0. The van der Waals surface area contributed by atoms with Crippen molar-refractivity contribution < 1.29 is 34.1 Å². The van der Waals surface area contributed by atoms with E-state index in [0.29, 0.717) is 12.8 Å². The molecule has 0 aliphatic heterocycles. The summed E-state index contributed by atoms with van der Waals surface area (Å²) in [5.74, 6) is -2.34. The van der Waals surface area contributed by atoms with E-state index in [4.69, 9.17) is 14.9 Å². The molecule has 2 unspecified atom stereocenters. The summed E-state index contributed by atoms with van der Waals surface area (Å²) in [5, 5.41) is 22.6. The minimum atomic E-state index is -1.39. The molecule has 0 aliphatic rings. The molecule has 0 bridgehead atoms. The van der Waals surface area contributed by atoms with Crippen LogP contribution >= 0.6 is 0 Å². The van der Waals surface area contributed by atoms with E-state index in [1.54, 1.807) is 0 Å². The minimum Gasteiger partial charge on any atom is -0.480 e. The molecule has 0 fully saturated rings. The van der Waals surface area contributed by atoms with E-state index >= 15 is 0 Å². The second-order valence-electron chi connectivity index (χ2n) is 16.9. The van der Waals surface area contributed by atoms with Gasteiger partial charge in [0.2, 0.25) is 11.8 Å². The summed E-state index contributed by atoms with van der Waals surface area (Å²) in [6, 6.07) is -1.39. The van der Waals surface area contributed by atoms with Crippen molar-refractivity contribution in [2.45, 2.75) is 225 Å². The number of unbranched alkanes of at least 4 members (excludes halogenated alkanes) is 17. The Kier molecular flexibility index (Phi) is 45.5. The maximum absolute atomic E-state index is 12.9. The van der Waals surface area contributed by atoms with Crippen molar-refractivity contribution in [1.29, 1.82) is 0 Å². The Morgan fingerprint density at radius 1 is 0.484 bits per heavy atom. The number of amides is 2. The normalized spacial score (nSPS) is 13.2. The first-order valence-corrected chi connectivity index (χ1v) is 25.5. The topological polar surface area (TPSA) is 142 Å². The van der Waals surface area contributed by atoms with Crippen LogP contribution < -0.4 is 10.6 Å².